The number of hydrogen-bond acceptors (Lipinski definition) is 2. The second-order valence-electron chi connectivity index (χ2n) is 3.97. The van der Waals surface area contributed by atoms with Crippen LogP contribution in [0.5, 0.6) is 5.75 Å². The zero-order valence-corrected chi connectivity index (χ0v) is 13.2. The van der Waals surface area contributed by atoms with Gasteiger partial charge in [-0.05, 0) is 45.3 Å². The first kappa shape index (κ1) is 14.5. The van der Waals surface area contributed by atoms with Crippen LogP contribution in [-0.4, -0.2) is 0 Å². The second-order valence-corrected chi connectivity index (χ2v) is 5.68. The molecule has 0 aliphatic heterocycles. The van der Waals surface area contributed by atoms with Crippen LogP contribution >= 0.6 is 31.9 Å². The van der Waals surface area contributed by atoms with Gasteiger partial charge in [0.1, 0.15) is 6.61 Å². The lowest BCUT2D eigenvalue weighted by Crippen LogP contribution is -2.02. The van der Waals surface area contributed by atoms with Gasteiger partial charge in [-0.2, -0.15) is 0 Å². The van der Waals surface area contributed by atoms with Crippen molar-refractivity contribution in [2.45, 2.75) is 13.2 Å². The Hall–Kier alpha value is -0.910. The zero-order chi connectivity index (χ0) is 13.8. The molecule has 0 bridgehead atoms. The van der Waals surface area contributed by atoms with Crippen molar-refractivity contribution >= 4 is 31.9 Å². The largest absolute Gasteiger partial charge is 0.486 e. The van der Waals surface area contributed by atoms with Gasteiger partial charge in [0.05, 0.1) is 4.47 Å². The summed E-state index contributed by atoms with van der Waals surface area (Å²) in [6.07, 6.45) is 0. The Morgan fingerprint density at radius 3 is 2.37 bits per heavy atom. The van der Waals surface area contributed by atoms with E-state index < -0.39 is 5.82 Å². The van der Waals surface area contributed by atoms with Crippen molar-refractivity contribution in [3.05, 3.63) is 62.3 Å². The average Bonchev–Trinajstić information content (AvgIpc) is 2.42. The van der Waals surface area contributed by atoms with E-state index in [1.807, 2.05) is 24.3 Å². The monoisotopic (exact) mass is 387 g/mol. The molecule has 2 aromatic rings. The SMILES string of the molecule is NCc1ccc(OCc2ccc(Br)cc2)c(F)c1Br. The Kier molecular flexibility index (Phi) is 4.96. The van der Waals surface area contributed by atoms with Crippen LogP contribution in [0.3, 0.4) is 0 Å². The van der Waals surface area contributed by atoms with Crippen LogP contribution < -0.4 is 10.5 Å². The van der Waals surface area contributed by atoms with E-state index in [0.29, 0.717) is 16.6 Å². The van der Waals surface area contributed by atoms with E-state index in [1.54, 1.807) is 12.1 Å². The van der Waals surface area contributed by atoms with Gasteiger partial charge >= 0.3 is 0 Å². The summed E-state index contributed by atoms with van der Waals surface area (Å²) in [6.45, 7) is 0.600. The van der Waals surface area contributed by atoms with Gasteiger partial charge in [-0.15, -0.1) is 0 Å². The summed E-state index contributed by atoms with van der Waals surface area (Å²) >= 11 is 6.55. The molecule has 0 radical (unpaired) electrons. The van der Waals surface area contributed by atoms with Crippen LogP contribution in [0.1, 0.15) is 11.1 Å². The lowest BCUT2D eigenvalue weighted by molar-refractivity contribution is 0.289. The maximum absolute atomic E-state index is 14.0. The summed E-state index contributed by atoms with van der Waals surface area (Å²) in [5.41, 5.74) is 7.20. The fourth-order valence-electron chi connectivity index (χ4n) is 1.58. The van der Waals surface area contributed by atoms with E-state index in [4.69, 9.17) is 10.5 Å². The van der Waals surface area contributed by atoms with Gasteiger partial charge in [-0.25, -0.2) is 4.39 Å². The third-order valence-electron chi connectivity index (χ3n) is 2.65. The maximum atomic E-state index is 14.0. The van der Waals surface area contributed by atoms with Gasteiger partial charge in [-0.3, -0.25) is 0 Å². The van der Waals surface area contributed by atoms with Crippen molar-refractivity contribution in [1.82, 2.24) is 0 Å². The number of nitrogens with two attached hydrogens (primary N) is 1. The molecule has 5 heteroatoms. The molecule has 0 saturated carbocycles. The van der Waals surface area contributed by atoms with E-state index in [2.05, 4.69) is 31.9 Å². The molecule has 2 aromatic carbocycles. The zero-order valence-electron chi connectivity index (χ0n) is 10.00. The Morgan fingerprint density at radius 2 is 1.74 bits per heavy atom. The van der Waals surface area contributed by atoms with Crippen LogP contribution in [-0.2, 0) is 13.2 Å². The standard InChI is InChI=1S/C14H12Br2FNO/c15-11-4-1-9(2-5-11)8-19-12-6-3-10(7-18)13(16)14(12)17/h1-6H,7-8,18H2. The third kappa shape index (κ3) is 3.55. The Balaban J connectivity index is 2.11. The average molecular weight is 389 g/mol. The van der Waals surface area contributed by atoms with Crippen LogP contribution in [0.15, 0.2) is 45.3 Å². The first-order chi connectivity index (χ1) is 9.11. The molecular formula is C14H12Br2FNO. The van der Waals surface area contributed by atoms with Gasteiger partial charge in [0, 0.05) is 11.0 Å². The molecule has 19 heavy (non-hydrogen) atoms. The van der Waals surface area contributed by atoms with Crippen molar-refractivity contribution in [2.24, 2.45) is 5.73 Å². The van der Waals surface area contributed by atoms with Gasteiger partial charge in [0.15, 0.2) is 11.6 Å². The Morgan fingerprint density at radius 1 is 1.05 bits per heavy atom. The first-order valence-corrected chi connectivity index (χ1v) is 7.24. The topological polar surface area (TPSA) is 35.2 Å². The van der Waals surface area contributed by atoms with Crippen molar-refractivity contribution in [3.8, 4) is 5.75 Å². The van der Waals surface area contributed by atoms with Crippen LogP contribution in [0.25, 0.3) is 0 Å². The number of rotatable bonds is 4. The van der Waals surface area contributed by atoms with E-state index in [-0.39, 0.29) is 12.3 Å². The first-order valence-electron chi connectivity index (χ1n) is 5.66. The summed E-state index contributed by atoms with van der Waals surface area (Å²) in [5, 5.41) is 0. The predicted molar refractivity (Wildman–Crippen MR) is 80.5 cm³/mol. The second kappa shape index (κ2) is 6.50. The molecule has 0 atom stereocenters. The van der Waals surface area contributed by atoms with Crippen LogP contribution in [0.4, 0.5) is 4.39 Å². The molecule has 0 fully saturated rings. The molecule has 0 saturated heterocycles. The molecule has 0 amide bonds. The summed E-state index contributed by atoms with van der Waals surface area (Å²) in [4.78, 5) is 0. The minimum atomic E-state index is -0.417. The smallest absolute Gasteiger partial charge is 0.179 e. The molecule has 0 spiro atoms. The van der Waals surface area contributed by atoms with E-state index >= 15 is 0 Å². The summed E-state index contributed by atoms with van der Waals surface area (Å²) < 4.78 is 20.8. The highest BCUT2D eigenvalue weighted by Gasteiger charge is 2.11. The quantitative estimate of drug-likeness (QED) is 0.842. The highest BCUT2D eigenvalue weighted by molar-refractivity contribution is 9.10. The number of hydrogen-bond donors (Lipinski definition) is 1. The maximum Gasteiger partial charge on any atom is 0.179 e. The number of benzene rings is 2. The summed E-state index contributed by atoms with van der Waals surface area (Å²) in [7, 11) is 0. The molecule has 0 aliphatic rings. The van der Waals surface area contributed by atoms with Gasteiger partial charge < -0.3 is 10.5 Å². The van der Waals surface area contributed by atoms with Crippen molar-refractivity contribution in [2.75, 3.05) is 0 Å². The Bertz CT molecular complexity index is 572. The molecule has 0 heterocycles. The molecule has 0 aliphatic carbocycles. The lowest BCUT2D eigenvalue weighted by atomic mass is 10.2. The normalized spacial score (nSPS) is 10.5. The summed E-state index contributed by atoms with van der Waals surface area (Å²) in [5.74, 6) is -0.202. The van der Waals surface area contributed by atoms with Crippen LogP contribution in [0, 0.1) is 5.82 Å². The molecule has 2 N–H and O–H groups in total. The fourth-order valence-corrected chi connectivity index (χ4v) is 2.34. The molecule has 0 unspecified atom stereocenters. The summed E-state index contributed by atoms with van der Waals surface area (Å²) in [6, 6.07) is 11.0. The van der Waals surface area contributed by atoms with Crippen LogP contribution in [0.2, 0.25) is 0 Å². The molecular weight excluding hydrogens is 377 g/mol. The molecule has 2 nitrogen and oxygen atoms in total. The van der Waals surface area contributed by atoms with E-state index in [1.165, 1.54) is 0 Å². The number of halogens is 3. The molecule has 0 aromatic heterocycles. The van der Waals surface area contributed by atoms with E-state index in [9.17, 15) is 4.39 Å². The number of ether oxygens (including phenoxy) is 1. The lowest BCUT2D eigenvalue weighted by Gasteiger charge is -2.10. The third-order valence-corrected chi connectivity index (χ3v) is 4.04. The Labute approximate surface area is 128 Å². The van der Waals surface area contributed by atoms with Crippen molar-refractivity contribution in [3.63, 3.8) is 0 Å². The molecule has 2 rings (SSSR count). The highest BCUT2D eigenvalue weighted by Crippen LogP contribution is 2.29. The molecule has 100 valence electrons. The van der Waals surface area contributed by atoms with Crippen molar-refractivity contribution < 1.29 is 9.13 Å². The fraction of sp³-hybridized carbons (Fsp3) is 0.143. The van der Waals surface area contributed by atoms with Gasteiger partial charge in [-0.1, -0.05) is 34.1 Å². The van der Waals surface area contributed by atoms with Crippen molar-refractivity contribution in [1.29, 1.82) is 0 Å². The van der Waals surface area contributed by atoms with Gasteiger partial charge in [0.25, 0.3) is 0 Å². The highest BCUT2D eigenvalue weighted by atomic mass is 79.9. The minimum absolute atomic E-state index is 0.215. The van der Waals surface area contributed by atoms with Gasteiger partial charge in [0.2, 0.25) is 0 Å². The minimum Gasteiger partial charge on any atom is -0.486 e. The van der Waals surface area contributed by atoms with E-state index in [0.717, 1.165) is 10.0 Å². The predicted octanol–water partition coefficient (Wildman–Crippen LogP) is 4.39.